The van der Waals surface area contributed by atoms with Crippen molar-refractivity contribution in [3.8, 4) is 0 Å². The summed E-state index contributed by atoms with van der Waals surface area (Å²) in [6.45, 7) is 0.621. The molecule has 0 unspecified atom stereocenters. The first-order chi connectivity index (χ1) is 11.4. The van der Waals surface area contributed by atoms with Gasteiger partial charge in [-0.1, -0.05) is 12.1 Å². The third-order valence-corrected chi connectivity index (χ3v) is 4.15. The number of alkyl halides is 6. The summed E-state index contributed by atoms with van der Waals surface area (Å²) in [5, 5.41) is 5.34. The lowest BCUT2D eigenvalue weighted by molar-refractivity contribution is -0.142. The number of hydrogen-bond donors (Lipinski definition) is 1. The van der Waals surface area contributed by atoms with E-state index in [2.05, 4.69) is 21.0 Å². The molecular formula is C14H10BrF6N3O. The van der Waals surface area contributed by atoms with Crippen LogP contribution in [0.3, 0.4) is 0 Å². The zero-order valence-electron chi connectivity index (χ0n) is 12.5. The molecule has 0 atom stereocenters. The van der Waals surface area contributed by atoms with Crippen molar-refractivity contribution in [2.24, 2.45) is 0 Å². The molecule has 2 rings (SSSR count). The van der Waals surface area contributed by atoms with Crippen LogP contribution >= 0.6 is 15.9 Å². The summed E-state index contributed by atoms with van der Waals surface area (Å²) in [6, 6.07) is 4.28. The van der Waals surface area contributed by atoms with Gasteiger partial charge >= 0.3 is 12.4 Å². The number of amides is 1. The number of nitrogens with zero attached hydrogens (tertiary/aromatic N) is 2. The molecule has 1 N–H and O–H groups in total. The highest BCUT2D eigenvalue weighted by atomic mass is 79.9. The van der Waals surface area contributed by atoms with Crippen LogP contribution in [0.2, 0.25) is 0 Å². The average Bonchev–Trinajstić information content (AvgIpc) is 2.75. The molecule has 4 nitrogen and oxygen atoms in total. The van der Waals surface area contributed by atoms with Crippen molar-refractivity contribution >= 4 is 27.5 Å². The predicted molar refractivity (Wildman–Crippen MR) is 79.7 cm³/mol. The van der Waals surface area contributed by atoms with Crippen molar-refractivity contribution in [1.29, 1.82) is 0 Å². The molecule has 0 aliphatic heterocycles. The zero-order valence-corrected chi connectivity index (χ0v) is 14.1. The molecule has 0 fully saturated rings. The van der Waals surface area contributed by atoms with E-state index in [1.54, 1.807) is 0 Å². The van der Waals surface area contributed by atoms with E-state index in [9.17, 15) is 31.1 Å². The summed E-state index contributed by atoms with van der Waals surface area (Å²) < 4.78 is 77.4. The van der Waals surface area contributed by atoms with Crippen LogP contribution < -0.4 is 5.32 Å². The molecule has 136 valence electrons. The van der Waals surface area contributed by atoms with Crippen LogP contribution in [0.5, 0.6) is 0 Å². The lowest BCUT2D eigenvalue weighted by Gasteiger charge is -2.13. The van der Waals surface area contributed by atoms with Gasteiger partial charge in [0.2, 0.25) is 5.91 Å². The van der Waals surface area contributed by atoms with Crippen LogP contribution in [0.15, 0.2) is 28.7 Å². The summed E-state index contributed by atoms with van der Waals surface area (Å²) in [5.74, 6) is -0.941. The van der Waals surface area contributed by atoms with Crippen LogP contribution in [0.25, 0.3) is 0 Å². The lowest BCUT2D eigenvalue weighted by atomic mass is 10.1. The highest BCUT2D eigenvalue weighted by molar-refractivity contribution is 9.10. The normalized spacial score (nSPS) is 12.3. The topological polar surface area (TPSA) is 46.9 Å². The Kier molecular flexibility index (Phi) is 5.17. The van der Waals surface area contributed by atoms with Gasteiger partial charge in [-0.25, -0.2) is 0 Å². The molecule has 1 aromatic carbocycles. The Labute approximate surface area is 145 Å². The Balaban J connectivity index is 2.23. The van der Waals surface area contributed by atoms with Crippen LogP contribution in [0, 0.1) is 6.92 Å². The quantitative estimate of drug-likeness (QED) is 0.723. The number of anilines is 1. The molecule has 0 spiro atoms. The van der Waals surface area contributed by atoms with Crippen molar-refractivity contribution < 1.29 is 31.1 Å². The van der Waals surface area contributed by atoms with Crippen LogP contribution in [-0.4, -0.2) is 15.7 Å². The van der Waals surface area contributed by atoms with Gasteiger partial charge in [-0.15, -0.1) is 0 Å². The number of halogens is 7. The summed E-state index contributed by atoms with van der Waals surface area (Å²) >= 11 is 2.75. The fourth-order valence-electron chi connectivity index (χ4n) is 2.02. The number of benzene rings is 1. The average molecular weight is 430 g/mol. The van der Waals surface area contributed by atoms with E-state index in [4.69, 9.17) is 0 Å². The fraction of sp³-hybridized carbons (Fsp3) is 0.286. The first-order valence-electron chi connectivity index (χ1n) is 6.67. The number of para-hydroxylation sites is 1. The van der Waals surface area contributed by atoms with Gasteiger partial charge in [0.15, 0.2) is 5.69 Å². The SMILES string of the molecule is Cc1c(Br)c(C(F)(F)F)nn1CC(=O)Nc1ccccc1C(F)(F)F. The maximum absolute atomic E-state index is 12.9. The number of aromatic nitrogens is 2. The van der Waals surface area contributed by atoms with Gasteiger partial charge in [0.1, 0.15) is 6.54 Å². The van der Waals surface area contributed by atoms with E-state index in [0.29, 0.717) is 0 Å². The van der Waals surface area contributed by atoms with Crippen LogP contribution in [-0.2, 0) is 23.7 Å². The second-order valence-corrected chi connectivity index (χ2v) is 5.79. The summed E-state index contributed by atoms with van der Waals surface area (Å²) in [6.07, 6.45) is -9.41. The smallest absolute Gasteiger partial charge is 0.324 e. The molecule has 2 aromatic rings. The predicted octanol–water partition coefficient (Wildman–Crippen LogP) is 4.63. The Morgan fingerprint density at radius 2 is 1.76 bits per heavy atom. The van der Waals surface area contributed by atoms with Crippen molar-refractivity contribution in [3.05, 3.63) is 45.7 Å². The third kappa shape index (κ3) is 4.33. The van der Waals surface area contributed by atoms with Crippen LogP contribution in [0.4, 0.5) is 32.0 Å². The molecule has 25 heavy (non-hydrogen) atoms. The standard InChI is InChI=1S/C14H10BrF6N3O/c1-7-11(15)12(14(19,20)21)23-24(7)6-10(25)22-9-5-3-2-4-8(9)13(16,17)18/h2-5H,6H2,1H3,(H,22,25). The Bertz CT molecular complexity index is 797. The molecule has 0 saturated carbocycles. The minimum absolute atomic E-state index is 0.0200. The maximum atomic E-state index is 12.9. The van der Waals surface area contributed by atoms with Crippen molar-refractivity contribution in [2.75, 3.05) is 5.32 Å². The maximum Gasteiger partial charge on any atom is 0.436 e. The van der Waals surface area contributed by atoms with Crippen molar-refractivity contribution in [1.82, 2.24) is 9.78 Å². The number of carbonyl (C=O) groups is 1. The third-order valence-electron chi connectivity index (χ3n) is 3.20. The molecule has 1 heterocycles. The molecule has 1 amide bonds. The van der Waals surface area contributed by atoms with Gasteiger partial charge in [0.25, 0.3) is 0 Å². The highest BCUT2D eigenvalue weighted by Crippen LogP contribution is 2.36. The molecule has 0 saturated heterocycles. The minimum Gasteiger partial charge on any atom is -0.324 e. The first-order valence-corrected chi connectivity index (χ1v) is 7.46. The molecule has 1 aromatic heterocycles. The first kappa shape index (κ1) is 19.3. The van der Waals surface area contributed by atoms with Gasteiger partial charge in [-0.05, 0) is 35.0 Å². The minimum atomic E-state index is -4.73. The van der Waals surface area contributed by atoms with Gasteiger partial charge in [0.05, 0.1) is 21.4 Å². The second-order valence-electron chi connectivity index (χ2n) is 4.99. The molecule has 11 heteroatoms. The summed E-state index contributed by atoms with van der Waals surface area (Å²) in [5.41, 5.74) is -2.74. The Hall–Kier alpha value is -2.04. The van der Waals surface area contributed by atoms with Crippen LogP contribution in [0.1, 0.15) is 17.0 Å². The van der Waals surface area contributed by atoms with Gasteiger partial charge in [0, 0.05) is 0 Å². The molecule has 0 aliphatic carbocycles. The van der Waals surface area contributed by atoms with E-state index < -0.39 is 41.7 Å². The zero-order chi connectivity index (χ0) is 19.0. The largest absolute Gasteiger partial charge is 0.436 e. The van der Waals surface area contributed by atoms with E-state index in [-0.39, 0.29) is 10.2 Å². The highest BCUT2D eigenvalue weighted by Gasteiger charge is 2.38. The monoisotopic (exact) mass is 429 g/mol. The van der Waals surface area contributed by atoms with Crippen molar-refractivity contribution in [3.63, 3.8) is 0 Å². The molecule has 0 aliphatic rings. The second kappa shape index (κ2) is 6.70. The van der Waals surface area contributed by atoms with Gasteiger partial charge in [-0.3, -0.25) is 9.48 Å². The van der Waals surface area contributed by atoms with Gasteiger partial charge in [-0.2, -0.15) is 31.4 Å². The molecule has 0 radical (unpaired) electrons. The summed E-state index contributed by atoms with van der Waals surface area (Å²) in [4.78, 5) is 11.9. The fourth-order valence-corrected chi connectivity index (χ4v) is 2.53. The number of nitrogens with one attached hydrogen (secondary N) is 1. The Morgan fingerprint density at radius 1 is 1.16 bits per heavy atom. The lowest BCUT2D eigenvalue weighted by Crippen LogP contribution is -2.22. The Morgan fingerprint density at radius 3 is 2.28 bits per heavy atom. The van der Waals surface area contributed by atoms with Crippen molar-refractivity contribution in [2.45, 2.75) is 25.8 Å². The van der Waals surface area contributed by atoms with E-state index >= 15 is 0 Å². The number of carbonyl (C=O) groups excluding carboxylic acids is 1. The number of hydrogen-bond acceptors (Lipinski definition) is 2. The van der Waals surface area contributed by atoms with Gasteiger partial charge < -0.3 is 5.32 Å². The molecule has 0 bridgehead atoms. The van der Waals surface area contributed by atoms with E-state index in [0.717, 1.165) is 22.9 Å². The molecular weight excluding hydrogens is 420 g/mol. The van der Waals surface area contributed by atoms with E-state index in [1.807, 2.05) is 5.32 Å². The number of rotatable bonds is 3. The van der Waals surface area contributed by atoms with E-state index in [1.165, 1.54) is 13.0 Å². The summed E-state index contributed by atoms with van der Waals surface area (Å²) in [7, 11) is 0.